The molecule has 1 aromatic rings. The van der Waals surface area contributed by atoms with Crippen LogP contribution < -0.4 is 14.8 Å². The van der Waals surface area contributed by atoms with Gasteiger partial charge in [0.2, 0.25) is 0 Å². The van der Waals surface area contributed by atoms with Crippen LogP contribution in [0.1, 0.15) is 44.0 Å². The molecule has 120 valence electrons. The average Bonchev–Trinajstić information content (AvgIpc) is 2.57. The van der Waals surface area contributed by atoms with Crippen molar-refractivity contribution >= 4 is 5.91 Å². The molecule has 1 N–H and O–H groups in total. The summed E-state index contributed by atoms with van der Waals surface area (Å²) < 4.78 is 10.6. The van der Waals surface area contributed by atoms with E-state index in [1.54, 1.807) is 18.2 Å². The minimum Gasteiger partial charge on any atom is -0.493 e. The standard InChI is InChI=1S/C18H25NO3/c1-6-11-22-15-10-9-14(12-16(15)21-5)17(20)19-13-18(4,7-2)8-3/h1,9-10,12H,7-8,11,13H2,2-5H3,(H,19,20). The molecule has 4 heteroatoms. The quantitative estimate of drug-likeness (QED) is 0.750. The number of rotatable bonds is 8. The lowest BCUT2D eigenvalue weighted by Crippen LogP contribution is -2.35. The second-order valence-corrected chi connectivity index (χ2v) is 5.56. The predicted molar refractivity (Wildman–Crippen MR) is 88.3 cm³/mol. The molecule has 0 bridgehead atoms. The monoisotopic (exact) mass is 303 g/mol. The lowest BCUT2D eigenvalue weighted by molar-refractivity contribution is 0.0930. The van der Waals surface area contributed by atoms with Gasteiger partial charge in [-0.15, -0.1) is 6.42 Å². The zero-order chi connectivity index (χ0) is 16.6. The molecule has 0 aromatic heterocycles. The molecule has 0 aliphatic heterocycles. The first-order valence-corrected chi connectivity index (χ1v) is 7.52. The molecule has 4 nitrogen and oxygen atoms in total. The summed E-state index contributed by atoms with van der Waals surface area (Å²) >= 11 is 0. The van der Waals surface area contributed by atoms with Gasteiger partial charge < -0.3 is 14.8 Å². The van der Waals surface area contributed by atoms with Crippen molar-refractivity contribution in [2.45, 2.75) is 33.6 Å². The van der Waals surface area contributed by atoms with E-state index in [-0.39, 0.29) is 17.9 Å². The van der Waals surface area contributed by atoms with Gasteiger partial charge in [0.1, 0.15) is 6.61 Å². The maximum Gasteiger partial charge on any atom is 0.251 e. The Morgan fingerprint density at radius 3 is 2.55 bits per heavy atom. The zero-order valence-corrected chi connectivity index (χ0v) is 13.9. The topological polar surface area (TPSA) is 47.6 Å². The second-order valence-electron chi connectivity index (χ2n) is 5.56. The Morgan fingerprint density at radius 1 is 1.32 bits per heavy atom. The van der Waals surface area contributed by atoms with Crippen molar-refractivity contribution in [2.75, 3.05) is 20.3 Å². The van der Waals surface area contributed by atoms with Crippen LogP contribution in [0.3, 0.4) is 0 Å². The van der Waals surface area contributed by atoms with Gasteiger partial charge in [0, 0.05) is 12.1 Å². The van der Waals surface area contributed by atoms with Crippen LogP contribution >= 0.6 is 0 Å². The van der Waals surface area contributed by atoms with Crippen LogP contribution in [0.4, 0.5) is 0 Å². The molecular weight excluding hydrogens is 278 g/mol. The summed E-state index contributed by atoms with van der Waals surface area (Å²) in [6, 6.07) is 5.07. The predicted octanol–water partition coefficient (Wildman–Crippen LogP) is 3.26. The fourth-order valence-corrected chi connectivity index (χ4v) is 1.94. The first-order chi connectivity index (χ1) is 10.5. The highest BCUT2D eigenvalue weighted by Crippen LogP contribution is 2.28. The van der Waals surface area contributed by atoms with E-state index in [0.717, 1.165) is 12.8 Å². The Bertz CT molecular complexity index is 542. The van der Waals surface area contributed by atoms with Gasteiger partial charge in [0.15, 0.2) is 11.5 Å². The van der Waals surface area contributed by atoms with Gasteiger partial charge in [0.25, 0.3) is 5.91 Å². The van der Waals surface area contributed by atoms with Crippen LogP contribution in [-0.4, -0.2) is 26.2 Å². The number of terminal acetylenes is 1. The van der Waals surface area contributed by atoms with E-state index in [1.807, 2.05) is 0 Å². The Balaban J connectivity index is 2.80. The molecule has 1 rings (SSSR count). The molecule has 0 spiro atoms. The fourth-order valence-electron chi connectivity index (χ4n) is 1.94. The number of benzene rings is 1. The van der Waals surface area contributed by atoms with E-state index >= 15 is 0 Å². The van der Waals surface area contributed by atoms with E-state index in [0.29, 0.717) is 23.6 Å². The number of nitrogens with one attached hydrogen (secondary N) is 1. The number of hydrogen-bond acceptors (Lipinski definition) is 3. The summed E-state index contributed by atoms with van der Waals surface area (Å²) in [5, 5.41) is 2.99. The largest absolute Gasteiger partial charge is 0.493 e. The first kappa shape index (κ1) is 17.9. The molecule has 1 amide bonds. The third kappa shape index (κ3) is 4.70. The molecule has 0 aliphatic carbocycles. The van der Waals surface area contributed by atoms with Gasteiger partial charge in [-0.25, -0.2) is 0 Å². The minimum atomic E-state index is -0.116. The SMILES string of the molecule is C#CCOc1ccc(C(=O)NCC(C)(CC)CC)cc1OC. The molecule has 0 saturated heterocycles. The van der Waals surface area contributed by atoms with E-state index < -0.39 is 0 Å². The molecule has 1 aromatic carbocycles. The molecule has 0 unspecified atom stereocenters. The van der Waals surface area contributed by atoms with Gasteiger partial charge in [-0.2, -0.15) is 0 Å². The summed E-state index contributed by atoms with van der Waals surface area (Å²) in [6.07, 6.45) is 7.21. The smallest absolute Gasteiger partial charge is 0.251 e. The molecule has 0 fully saturated rings. The van der Waals surface area contributed by atoms with Crippen LogP contribution in [0.25, 0.3) is 0 Å². The molecule has 0 radical (unpaired) electrons. The number of amides is 1. The summed E-state index contributed by atoms with van der Waals surface area (Å²) in [6.45, 7) is 7.25. The van der Waals surface area contributed by atoms with Crippen molar-refractivity contribution in [1.82, 2.24) is 5.32 Å². The lowest BCUT2D eigenvalue weighted by Gasteiger charge is -2.26. The van der Waals surface area contributed by atoms with E-state index in [1.165, 1.54) is 7.11 Å². The summed E-state index contributed by atoms with van der Waals surface area (Å²) in [5.41, 5.74) is 0.662. The maximum absolute atomic E-state index is 12.3. The molecule has 0 saturated carbocycles. The van der Waals surface area contributed by atoms with Gasteiger partial charge in [-0.1, -0.05) is 26.7 Å². The normalized spacial score (nSPS) is 10.7. The van der Waals surface area contributed by atoms with Gasteiger partial charge >= 0.3 is 0 Å². The first-order valence-electron chi connectivity index (χ1n) is 7.52. The highest BCUT2D eigenvalue weighted by molar-refractivity contribution is 5.94. The number of ether oxygens (including phenoxy) is 2. The average molecular weight is 303 g/mol. The Morgan fingerprint density at radius 2 is 2.00 bits per heavy atom. The van der Waals surface area contributed by atoms with Crippen LogP contribution in [0, 0.1) is 17.8 Å². The van der Waals surface area contributed by atoms with Crippen molar-refractivity contribution in [3.05, 3.63) is 23.8 Å². The molecular formula is C18H25NO3. The lowest BCUT2D eigenvalue weighted by atomic mass is 9.85. The third-order valence-electron chi connectivity index (χ3n) is 4.12. The van der Waals surface area contributed by atoms with Crippen molar-refractivity contribution < 1.29 is 14.3 Å². The summed E-state index contributed by atoms with van der Waals surface area (Å²) in [5.74, 6) is 3.31. The van der Waals surface area contributed by atoms with Crippen LogP contribution in [0.5, 0.6) is 11.5 Å². The van der Waals surface area contributed by atoms with Crippen LogP contribution in [0.15, 0.2) is 18.2 Å². The molecule has 0 heterocycles. The van der Waals surface area contributed by atoms with Crippen LogP contribution in [0.2, 0.25) is 0 Å². The van der Waals surface area contributed by atoms with Crippen molar-refractivity contribution in [3.8, 4) is 23.8 Å². The molecule has 22 heavy (non-hydrogen) atoms. The molecule has 0 aliphatic rings. The third-order valence-corrected chi connectivity index (χ3v) is 4.12. The fraction of sp³-hybridized carbons (Fsp3) is 0.500. The van der Waals surface area contributed by atoms with E-state index in [4.69, 9.17) is 15.9 Å². The van der Waals surface area contributed by atoms with E-state index in [9.17, 15) is 4.79 Å². The van der Waals surface area contributed by atoms with Gasteiger partial charge in [-0.05, 0) is 36.5 Å². The van der Waals surface area contributed by atoms with Gasteiger partial charge in [-0.3, -0.25) is 4.79 Å². The van der Waals surface area contributed by atoms with E-state index in [2.05, 4.69) is 32.0 Å². The van der Waals surface area contributed by atoms with Crippen molar-refractivity contribution in [2.24, 2.45) is 5.41 Å². The second kappa shape index (κ2) is 8.33. The zero-order valence-electron chi connectivity index (χ0n) is 13.9. The Labute approximate surface area is 133 Å². The summed E-state index contributed by atoms with van der Waals surface area (Å²) in [7, 11) is 1.53. The van der Waals surface area contributed by atoms with Crippen molar-refractivity contribution in [3.63, 3.8) is 0 Å². The highest BCUT2D eigenvalue weighted by Gasteiger charge is 2.21. The highest BCUT2D eigenvalue weighted by atomic mass is 16.5. The molecule has 0 atom stereocenters. The van der Waals surface area contributed by atoms with Gasteiger partial charge in [0.05, 0.1) is 7.11 Å². The number of hydrogen-bond donors (Lipinski definition) is 1. The van der Waals surface area contributed by atoms with Crippen LogP contribution in [-0.2, 0) is 0 Å². The van der Waals surface area contributed by atoms with Crippen molar-refractivity contribution in [1.29, 1.82) is 0 Å². The summed E-state index contributed by atoms with van der Waals surface area (Å²) in [4.78, 5) is 12.3. The number of carbonyl (C=O) groups excluding carboxylic acids is 1. The maximum atomic E-state index is 12.3. The number of methoxy groups -OCH3 is 1. The number of carbonyl (C=O) groups is 1. The minimum absolute atomic E-state index is 0.116. The Hall–Kier alpha value is -2.15. The Kier molecular flexibility index (Phi) is 6.78.